The first-order valence-electron chi connectivity index (χ1n) is 6.82. The second-order valence-corrected chi connectivity index (χ2v) is 5.26. The Bertz CT molecular complexity index is 236. The van der Waals surface area contributed by atoms with E-state index >= 15 is 0 Å². The Morgan fingerprint density at radius 2 is 2.31 bits per heavy atom. The molecule has 1 amide bonds. The van der Waals surface area contributed by atoms with E-state index in [0.29, 0.717) is 18.5 Å². The molecule has 0 spiro atoms. The van der Waals surface area contributed by atoms with Gasteiger partial charge in [0, 0.05) is 18.5 Å². The molecule has 1 saturated carbocycles. The quantitative estimate of drug-likeness (QED) is 0.748. The third-order valence-corrected chi connectivity index (χ3v) is 3.93. The molecule has 3 atom stereocenters. The Morgan fingerprint density at radius 3 is 2.94 bits per heavy atom. The standard InChI is InChI=1S/C13H24N2O/c1-2-10-9-12(10)15-13(16)7-6-11-5-3-4-8-14-11/h10-12,14H,2-9H2,1H3,(H,15,16). The zero-order valence-corrected chi connectivity index (χ0v) is 10.3. The average Bonchev–Trinajstić information content (AvgIpc) is 3.06. The van der Waals surface area contributed by atoms with E-state index in [-0.39, 0.29) is 5.91 Å². The van der Waals surface area contributed by atoms with Crippen LogP contribution in [0.5, 0.6) is 0 Å². The lowest BCUT2D eigenvalue weighted by Crippen LogP contribution is -2.35. The van der Waals surface area contributed by atoms with E-state index < -0.39 is 0 Å². The first kappa shape index (κ1) is 11.9. The van der Waals surface area contributed by atoms with E-state index in [9.17, 15) is 4.79 Å². The zero-order chi connectivity index (χ0) is 11.4. The van der Waals surface area contributed by atoms with Gasteiger partial charge >= 0.3 is 0 Å². The summed E-state index contributed by atoms with van der Waals surface area (Å²) in [7, 11) is 0. The molecule has 1 heterocycles. The van der Waals surface area contributed by atoms with E-state index in [2.05, 4.69) is 17.6 Å². The van der Waals surface area contributed by atoms with Crippen molar-refractivity contribution in [3.05, 3.63) is 0 Å². The summed E-state index contributed by atoms with van der Waals surface area (Å²) in [6.07, 6.45) is 7.97. The van der Waals surface area contributed by atoms with Crippen molar-refractivity contribution in [2.45, 2.75) is 64.0 Å². The predicted molar refractivity (Wildman–Crippen MR) is 65.2 cm³/mol. The molecule has 1 aliphatic carbocycles. The number of nitrogens with one attached hydrogen (secondary N) is 2. The van der Waals surface area contributed by atoms with Crippen LogP contribution in [0.1, 0.15) is 51.9 Å². The Balaban J connectivity index is 1.57. The largest absolute Gasteiger partial charge is 0.353 e. The van der Waals surface area contributed by atoms with Gasteiger partial charge < -0.3 is 10.6 Å². The summed E-state index contributed by atoms with van der Waals surface area (Å²) in [5, 5.41) is 6.61. The minimum atomic E-state index is 0.258. The molecule has 2 fully saturated rings. The topological polar surface area (TPSA) is 41.1 Å². The van der Waals surface area contributed by atoms with Gasteiger partial charge in [-0.1, -0.05) is 19.8 Å². The molecule has 0 aromatic carbocycles. The van der Waals surface area contributed by atoms with Crippen LogP contribution in [-0.2, 0) is 4.79 Å². The van der Waals surface area contributed by atoms with Crippen LogP contribution in [0.15, 0.2) is 0 Å². The molecular weight excluding hydrogens is 200 g/mol. The Labute approximate surface area is 98.4 Å². The summed E-state index contributed by atoms with van der Waals surface area (Å²) < 4.78 is 0. The lowest BCUT2D eigenvalue weighted by atomic mass is 10.0. The molecule has 0 aromatic rings. The summed E-state index contributed by atoms with van der Waals surface area (Å²) in [5.74, 6) is 1.02. The summed E-state index contributed by atoms with van der Waals surface area (Å²) in [5.41, 5.74) is 0. The Kier molecular flexibility index (Phi) is 4.22. The smallest absolute Gasteiger partial charge is 0.220 e. The predicted octanol–water partition coefficient (Wildman–Crippen LogP) is 1.82. The van der Waals surface area contributed by atoms with Crippen molar-refractivity contribution in [2.24, 2.45) is 5.92 Å². The number of carbonyl (C=O) groups excluding carboxylic acids is 1. The second kappa shape index (κ2) is 5.67. The van der Waals surface area contributed by atoms with Crippen molar-refractivity contribution in [1.29, 1.82) is 0 Å². The van der Waals surface area contributed by atoms with Crippen LogP contribution in [0, 0.1) is 5.92 Å². The molecule has 2 rings (SSSR count). The van der Waals surface area contributed by atoms with Crippen molar-refractivity contribution in [2.75, 3.05) is 6.54 Å². The van der Waals surface area contributed by atoms with E-state index in [1.807, 2.05) is 0 Å². The SMILES string of the molecule is CCC1CC1NC(=O)CCC1CCCCN1. The number of rotatable bonds is 5. The van der Waals surface area contributed by atoms with Crippen LogP contribution in [0.3, 0.4) is 0 Å². The molecule has 3 heteroatoms. The fraction of sp³-hybridized carbons (Fsp3) is 0.923. The number of carbonyl (C=O) groups is 1. The van der Waals surface area contributed by atoms with Crippen LogP contribution in [0.2, 0.25) is 0 Å². The second-order valence-electron chi connectivity index (χ2n) is 5.26. The van der Waals surface area contributed by atoms with Crippen molar-refractivity contribution in [3.8, 4) is 0 Å². The maximum absolute atomic E-state index is 11.7. The van der Waals surface area contributed by atoms with E-state index in [1.54, 1.807) is 0 Å². The van der Waals surface area contributed by atoms with E-state index in [0.717, 1.165) is 18.9 Å². The van der Waals surface area contributed by atoms with Gasteiger partial charge in [-0.2, -0.15) is 0 Å². The normalized spacial score (nSPS) is 33.4. The fourth-order valence-electron chi connectivity index (χ4n) is 2.63. The highest BCUT2D eigenvalue weighted by atomic mass is 16.1. The Hall–Kier alpha value is -0.570. The summed E-state index contributed by atoms with van der Waals surface area (Å²) >= 11 is 0. The number of hydrogen-bond acceptors (Lipinski definition) is 2. The van der Waals surface area contributed by atoms with E-state index in [1.165, 1.54) is 32.1 Å². The molecule has 3 unspecified atom stereocenters. The minimum absolute atomic E-state index is 0.258. The first-order valence-corrected chi connectivity index (χ1v) is 6.82. The first-order chi connectivity index (χ1) is 7.79. The molecule has 16 heavy (non-hydrogen) atoms. The van der Waals surface area contributed by atoms with Gasteiger partial charge in [-0.3, -0.25) is 4.79 Å². The molecule has 0 bridgehead atoms. The van der Waals surface area contributed by atoms with Crippen LogP contribution < -0.4 is 10.6 Å². The monoisotopic (exact) mass is 224 g/mol. The summed E-state index contributed by atoms with van der Waals surface area (Å²) in [6, 6.07) is 1.08. The number of amides is 1. The van der Waals surface area contributed by atoms with Crippen molar-refractivity contribution in [1.82, 2.24) is 10.6 Å². The highest BCUT2D eigenvalue weighted by molar-refractivity contribution is 5.76. The van der Waals surface area contributed by atoms with Gasteiger partial charge in [-0.25, -0.2) is 0 Å². The highest BCUT2D eigenvalue weighted by Crippen LogP contribution is 2.33. The van der Waals surface area contributed by atoms with Crippen LogP contribution in [0.4, 0.5) is 0 Å². The summed E-state index contributed by atoms with van der Waals surface area (Å²) in [6.45, 7) is 3.33. The lowest BCUT2D eigenvalue weighted by Gasteiger charge is -2.23. The molecular formula is C13H24N2O. The molecule has 0 aromatic heterocycles. The minimum Gasteiger partial charge on any atom is -0.353 e. The number of piperidine rings is 1. The van der Waals surface area contributed by atoms with Gasteiger partial charge in [0.1, 0.15) is 0 Å². The maximum Gasteiger partial charge on any atom is 0.220 e. The molecule has 2 N–H and O–H groups in total. The molecule has 3 nitrogen and oxygen atoms in total. The van der Waals surface area contributed by atoms with E-state index in [4.69, 9.17) is 0 Å². The van der Waals surface area contributed by atoms with Crippen molar-refractivity contribution in [3.63, 3.8) is 0 Å². The fourth-order valence-corrected chi connectivity index (χ4v) is 2.63. The highest BCUT2D eigenvalue weighted by Gasteiger charge is 2.36. The molecule has 1 aliphatic heterocycles. The van der Waals surface area contributed by atoms with Gasteiger partial charge in [-0.05, 0) is 38.1 Å². The third kappa shape index (κ3) is 3.48. The summed E-state index contributed by atoms with van der Waals surface area (Å²) in [4.78, 5) is 11.7. The molecule has 2 aliphatic rings. The maximum atomic E-state index is 11.7. The van der Waals surface area contributed by atoms with Gasteiger partial charge in [0.05, 0.1) is 0 Å². The molecule has 1 saturated heterocycles. The van der Waals surface area contributed by atoms with Crippen LogP contribution in [-0.4, -0.2) is 24.5 Å². The van der Waals surface area contributed by atoms with Crippen LogP contribution >= 0.6 is 0 Å². The zero-order valence-electron chi connectivity index (χ0n) is 10.3. The average molecular weight is 224 g/mol. The number of hydrogen-bond donors (Lipinski definition) is 2. The molecule has 0 radical (unpaired) electrons. The van der Waals surface area contributed by atoms with Gasteiger partial charge in [-0.15, -0.1) is 0 Å². The Morgan fingerprint density at radius 1 is 1.44 bits per heavy atom. The van der Waals surface area contributed by atoms with Crippen LogP contribution in [0.25, 0.3) is 0 Å². The van der Waals surface area contributed by atoms with Gasteiger partial charge in [0.25, 0.3) is 0 Å². The lowest BCUT2D eigenvalue weighted by molar-refractivity contribution is -0.121. The molecule has 92 valence electrons. The van der Waals surface area contributed by atoms with Gasteiger partial charge in [0.15, 0.2) is 0 Å². The van der Waals surface area contributed by atoms with Crippen molar-refractivity contribution < 1.29 is 4.79 Å². The third-order valence-electron chi connectivity index (χ3n) is 3.93. The van der Waals surface area contributed by atoms with Gasteiger partial charge in [0.2, 0.25) is 5.91 Å². The van der Waals surface area contributed by atoms with Crippen molar-refractivity contribution >= 4 is 5.91 Å².